The number of hydrogen-bond donors (Lipinski definition) is 1. The van der Waals surface area contributed by atoms with Crippen molar-refractivity contribution in [1.29, 1.82) is 0 Å². The van der Waals surface area contributed by atoms with E-state index in [-0.39, 0.29) is 10.6 Å². The molecule has 2 rings (SSSR count). The Kier molecular flexibility index (Phi) is 4.79. The topological polar surface area (TPSA) is 118 Å². The van der Waals surface area contributed by atoms with Crippen LogP contribution in [-0.4, -0.2) is 31.0 Å². The van der Waals surface area contributed by atoms with Crippen molar-refractivity contribution in [1.82, 2.24) is 0 Å². The van der Waals surface area contributed by atoms with Gasteiger partial charge in [-0.15, -0.1) is 0 Å². The average Bonchev–Trinajstić information content (AvgIpc) is 2.53. The quantitative estimate of drug-likeness (QED) is 0.626. The number of nitro benzene ring substituents is 1. The Morgan fingerprint density at radius 3 is 2.38 bits per heavy atom. The minimum absolute atomic E-state index is 0.184. The average molecular weight is 354 g/mol. The molecule has 0 aliphatic rings. The number of sulfonamides is 1. The summed E-state index contributed by atoms with van der Waals surface area (Å²) in [6.07, 6.45) is 0. The van der Waals surface area contributed by atoms with Crippen LogP contribution in [0.3, 0.4) is 0 Å². The van der Waals surface area contributed by atoms with Crippen LogP contribution in [0.25, 0.3) is 0 Å². The van der Waals surface area contributed by atoms with E-state index in [0.717, 1.165) is 36.4 Å². The molecule has 0 unspecified atom stereocenters. The fraction of sp³-hybridized carbons (Fsp3) is 0.0714. The van der Waals surface area contributed by atoms with Gasteiger partial charge in [0.2, 0.25) is 0 Å². The van der Waals surface area contributed by atoms with Crippen molar-refractivity contribution in [2.75, 3.05) is 10.8 Å². The van der Waals surface area contributed by atoms with E-state index in [4.69, 9.17) is 5.11 Å². The summed E-state index contributed by atoms with van der Waals surface area (Å²) in [6, 6.07) is 8.36. The van der Waals surface area contributed by atoms with Gasteiger partial charge in [0.05, 0.1) is 15.5 Å². The van der Waals surface area contributed by atoms with Gasteiger partial charge in [-0.2, -0.15) is 0 Å². The van der Waals surface area contributed by atoms with Gasteiger partial charge in [-0.05, 0) is 30.3 Å². The van der Waals surface area contributed by atoms with E-state index in [2.05, 4.69) is 0 Å². The molecule has 0 radical (unpaired) electrons. The number of nitrogens with zero attached hydrogens (tertiary/aromatic N) is 2. The number of carboxylic acid groups (broad SMARTS) is 1. The molecule has 0 bridgehead atoms. The molecule has 0 atom stereocenters. The number of carboxylic acids is 1. The Balaban J connectivity index is 2.56. The molecule has 0 amide bonds. The highest BCUT2D eigenvalue weighted by molar-refractivity contribution is 7.92. The number of aliphatic carboxylic acids is 1. The van der Waals surface area contributed by atoms with Crippen molar-refractivity contribution in [3.05, 3.63) is 64.5 Å². The number of halogens is 1. The molecule has 2 aromatic carbocycles. The van der Waals surface area contributed by atoms with E-state index in [1.54, 1.807) is 0 Å². The summed E-state index contributed by atoms with van der Waals surface area (Å²) >= 11 is 0. The molecule has 0 aliphatic carbocycles. The van der Waals surface area contributed by atoms with Gasteiger partial charge in [0, 0.05) is 12.1 Å². The fourth-order valence-electron chi connectivity index (χ4n) is 1.93. The predicted molar refractivity (Wildman–Crippen MR) is 81.7 cm³/mol. The minimum atomic E-state index is -4.35. The van der Waals surface area contributed by atoms with Crippen LogP contribution in [0.15, 0.2) is 53.4 Å². The van der Waals surface area contributed by atoms with Crippen LogP contribution in [0, 0.1) is 15.9 Å². The van der Waals surface area contributed by atoms with E-state index in [9.17, 15) is 27.7 Å². The zero-order valence-corrected chi connectivity index (χ0v) is 12.8. The van der Waals surface area contributed by atoms with Crippen molar-refractivity contribution in [3.63, 3.8) is 0 Å². The molecule has 0 spiro atoms. The third-order valence-electron chi connectivity index (χ3n) is 3.01. The zero-order valence-electron chi connectivity index (χ0n) is 12.0. The first-order chi connectivity index (χ1) is 11.2. The molecule has 0 heterocycles. The van der Waals surface area contributed by atoms with Crippen molar-refractivity contribution in [2.45, 2.75) is 4.90 Å². The van der Waals surface area contributed by atoms with Crippen molar-refractivity contribution in [3.8, 4) is 0 Å². The molecule has 0 saturated heterocycles. The number of benzene rings is 2. The molecule has 0 saturated carbocycles. The summed E-state index contributed by atoms with van der Waals surface area (Å²) in [6.45, 7) is -0.944. The van der Waals surface area contributed by atoms with Crippen LogP contribution in [-0.2, 0) is 14.8 Å². The third-order valence-corrected chi connectivity index (χ3v) is 4.80. The highest BCUT2D eigenvalue weighted by Crippen LogP contribution is 2.26. The molecule has 0 aromatic heterocycles. The van der Waals surface area contributed by atoms with E-state index in [1.807, 2.05) is 0 Å². The Labute approximate surface area is 136 Å². The van der Waals surface area contributed by atoms with Crippen molar-refractivity contribution < 1.29 is 27.6 Å². The Bertz CT molecular complexity index is 882. The number of hydrogen-bond acceptors (Lipinski definition) is 5. The Morgan fingerprint density at radius 1 is 1.21 bits per heavy atom. The molecular weight excluding hydrogens is 343 g/mol. The SMILES string of the molecule is O=C(O)CN(c1cccc([N+](=O)[O-])c1)S(=O)(=O)c1ccc(F)cc1. The van der Waals surface area contributed by atoms with E-state index in [1.165, 1.54) is 12.1 Å². The van der Waals surface area contributed by atoms with Gasteiger partial charge in [-0.3, -0.25) is 19.2 Å². The van der Waals surface area contributed by atoms with Gasteiger partial charge in [0.25, 0.3) is 15.7 Å². The number of nitro groups is 1. The second-order valence-electron chi connectivity index (χ2n) is 4.64. The van der Waals surface area contributed by atoms with E-state index < -0.39 is 39.0 Å². The number of rotatable bonds is 6. The summed E-state index contributed by atoms with van der Waals surface area (Å²) in [5, 5.41) is 19.8. The monoisotopic (exact) mass is 354 g/mol. The van der Waals surface area contributed by atoms with Gasteiger partial charge < -0.3 is 5.11 Å². The summed E-state index contributed by atoms with van der Waals surface area (Å²) in [7, 11) is -4.35. The number of carbonyl (C=O) groups is 1. The fourth-order valence-corrected chi connectivity index (χ4v) is 3.34. The van der Waals surface area contributed by atoms with E-state index >= 15 is 0 Å². The molecular formula is C14H11FN2O6S. The van der Waals surface area contributed by atoms with Crippen LogP contribution in [0.4, 0.5) is 15.8 Å². The van der Waals surface area contributed by atoms with Gasteiger partial charge in [-0.25, -0.2) is 12.8 Å². The van der Waals surface area contributed by atoms with Crippen molar-refractivity contribution >= 4 is 27.4 Å². The molecule has 1 N–H and O–H groups in total. The van der Waals surface area contributed by atoms with Crippen LogP contribution >= 0.6 is 0 Å². The summed E-state index contributed by atoms with van der Waals surface area (Å²) in [5.74, 6) is -2.11. The first-order valence-corrected chi connectivity index (χ1v) is 7.90. The lowest BCUT2D eigenvalue weighted by Crippen LogP contribution is -2.35. The molecule has 0 fully saturated rings. The number of anilines is 1. The van der Waals surface area contributed by atoms with Crippen LogP contribution in [0.5, 0.6) is 0 Å². The smallest absolute Gasteiger partial charge is 0.324 e. The van der Waals surface area contributed by atoms with Gasteiger partial charge >= 0.3 is 5.97 Å². The second-order valence-corrected chi connectivity index (χ2v) is 6.50. The molecule has 8 nitrogen and oxygen atoms in total. The third kappa shape index (κ3) is 3.66. The standard InChI is InChI=1S/C14H11FN2O6S/c15-10-4-6-13(7-5-10)24(22,23)16(9-14(18)19)11-2-1-3-12(8-11)17(20)21/h1-8H,9H2,(H,18,19). The maximum Gasteiger partial charge on any atom is 0.324 e. The molecule has 10 heteroatoms. The van der Waals surface area contributed by atoms with E-state index in [0.29, 0.717) is 4.31 Å². The molecule has 0 aliphatic heterocycles. The maximum absolute atomic E-state index is 13.0. The number of non-ortho nitro benzene ring substituents is 1. The summed E-state index contributed by atoms with van der Waals surface area (Å²) < 4.78 is 38.7. The van der Waals surface area contributed by atoms with Crippen molar-refractivity contribution in [2.24, 2.45) is 0 Å². The highest BCUT2D eigenvalue weighted by Gasteiger charge is 2.28. The lowest BCUT2D eigenvalue weighted by molar-refractivity contribution is -0.384. The first kappa shape index (κ1) is 17.3. The molecule has 2 aromatic rings. The lowest BCUT2D eigenvalue weighted by atomic mass is 10.3. The minimum Gasteiger partial charge on any atom is -0.480 e. The van der Waals surface area contributed by atoms with Gasteiger partial charge in [0.15, 0.2) is 0 Å². The predicted octanol–water partition coefficient (Wildman–Crippen LogP) is 2.01. The lowest BCUT2D eigenvalue weighted by Gasteiger charge is -2.22. The normalized spacial score (nSPS) is 11.0. The largest absolute Gasteiger partial charge is 0.480 e. The highest BCUT2D eigenvalue weighted by atomic mass is 32.2. The molecule has 24 heavy (non-hydrogen) atoms. The summed E-state index contributed by atoms with van der Waals surface area (Å²) in [5.41, 5.74) is -0.576. The van der Waals surface area contributed by atoms with Crippen LogP contribution < -0.4 is 4.31 Å². The van der Waals surface area contributed by atoms with Crippen LogP contribution in [0.1, 0.15) is 0 Å². The Hall–Kier alpha value is -3.01. The van der Waals surface area contributed by atoms with Gasteiger partial charge in [0.1, 0.15) is 12.4 Å². The second kappa shape index (κ2) is 6.62. The zero-order chi connectivity index (χ0) is 17.9. The Morgan fingerprint density at radius 2 is 1.83 bits per heavy atom. The first-order valence-electron chi connectivity index (χ1n) is 6.46. The van der Waals surface area contributed by atoms with Crippen LogP contribution in [0.2, 0.25) is 0 Å². The maximum atomic E-state index is 13.0. The van der Waals surface area contributed by atoms with Gasteiger partial charge in [-0.1, -0.05) is 6.07 Å². The molecule has 126 valence electrons. The summed E-state index contributed by atoms with van der Waals surface area (Å²) in [4.78, 5) is 20.8.